The number of hydrogen-bond donors (Lipinski definition) is 5. The van der Waals surface area contributed by atoms with Crippen LogP contribution in [0.4, 0.5) is 0 Å². The van der Waals surface area contributed by atoms with Crippen molar-refractivity contribution < 1.29 is 20.1 Å². The first-order chi connectivity index (χ1) is 9.99. The van der Waals surface area contributed by atoms with E-state index in [1.807, 2.05) is 0 Å². The van der Waals surface area contributed by atoms with E-state index in [1.54, 1.807) is 0 Å². The van der Waals surface area contributed by atoms with E-state index in [0.717, 1.165) is 0 Å². The molecule has 1 saturated heterocycles. The van der Waals surface area contributed by atoms with Crippen molar-refractivity contribution in [3.8, 4) is 0 Å². The van der Waals surface area contributed by atoms with Gasteiger partial charge >= 0.3 is 5.69 Å². The first kappa shape index (κ1) is 15.9. The lowest BCUT2D eigenvalue weighted by Crippen LogP contribution is -2.36. The van der Waals surface area contributed by atoms with E-state index in [2.05, 4.69) is 4.98 Å². The molecule has 0 saturated carbocycles. The van der Waals surface area contributed by atoms with E-state index in [1.165, 1.54) is 10.8 Å². The molecule has 2 heterocycles. The molecule has 0 amide bonds. The Morgan fingerprint density at radius 1 is 1.33 bits per heavy atom. The van der Waals surface area contributed by atoms with Crippen LogP contribution in [0.5, 0.6) is 0 Å². The van der Waals surface area contributed by atoms with E-state index < -0.39 is 42.3 Å². The van der Waals surface area contributed by atoms with Crippen LogP contribution in [0, 0.1) is 0 Å². The molecule has 1 aromatic rings. The second-order valence-corrected chi connectivity index (χ2v) is 4.94. The van der Waals surface area contributed by atoms with Gasteiger partial charge in [0.15, 0.2) is 0 Å². The lowest BCUT2D eigenvalue weighted by atomic mass is 10.0. The summed E-state index contributed by atoms with van der Waals surface area (Å²) >= 11 is 0. The van der Waals surface area contributed by atoms with Crippen LogP contribution in [0.15, 0.2) is 15.8 Å². The second-order valence-electron chi connectivity index (χ2n) is 4.94. The highest BCUT2D eigenvalue weighted by Crippen LogP contribution is 2.31. The lowest BCUT2D eigenvalue weighted by Gasteiger charge is -2.15. The van der Waals surface area contributed by atoms with Crippen LogP contribution < -0.4 is 17.0 Å². The molecule has 0 aromatic carbocycles. The molecule has 9 nitrogen and oxygen atoms in total. The maximum Gasteiger partial charge on any atom is 0.328 e. The van der Waals surface area contributed by atoms with Gasteiger partial charge in [-0.25, -0.2) is 4.79 Å². The predicted molar refractivity (Wildman–Crippen MR) is 71.7 cm³/mol. The predicted octanol–water partition coefficient (Wildman–Crippen LogP) is -2.96. The third-order valence-electron chi connectivity index (χ3n) is 3.49. The Morgan fingerprint density at radius 3 is 2.62 bits per heavy atom. The Kier molecular flexibility index (Phi) is 4.91. The molecule has 1 fully saturated rings. The van der Waals surface area contributed by atoms with Crippen LogP contribution >= 0.6 is 0 Å². The van der Waals surface area contributed by atoms with Crippen molar-refractivity contribution >= 4 is 0 Å². The minimum atomic E-state index is -1.36. The summed E-state index contributed by atoms with van der Waals surface area (Å²) in [6, 6.07) is 0. The van der Waals surface area contributed by atoms with Gasteiger partial charge in [-0.1, -0.05) is 0 Å². The van der Waals surface area contributed by atoms with Gasteiger partial charge in [0.05, 0.1) is 12.2 Å². The molecule has 0 aliphatic carbocycles. The zero-order chi connectivity index (χ0) is 15.6. The third-order valence-corrected chi connectivity index (χ3v) is 3.49. The van der Waals surface area contributed by atoms with Gasteiger partial charge in [-0.3, -0.25) is 9.78 Å². The van der Waals surface area contributed by atoms with Gasteiger partial charge in [0.1, 0.15) is 24.4 Å². The van der Waals surface area contributed by atoms with Crippen molar-refractivity contribution in [2.45, 2.75) is 37.4 Å². The maximum absolute atomic E-state index is 11.9. The molecule has 1 aliphatic heterocycles. The number of nitrogens with two attached hydrogens (primary N) is 1. The Hall–Kier alpha value is -1.52. The van der Waals surface area contributed by atoms with E-state index in [4.69, 9.17) is 15.6 Å². The molecule has 2 rings (SSSR count). The number of aromatic nitrogens is 2. The summed E-state index contributed by atoms with van der Waals surface area (Å²) in [4.78, 5) is 25.7. The Labute approximate surface area is 119 Å². The van der Waals surface area contributed by atoms with Gasteiger partial charge in [-0.15, -0.1) is 0 Å². The van der Waals surface area contributed by atoms with Crippen molar-refractivity contribution in [3.05, 3.63) is 32.6 Å². The zero-order valence-corrected chi connectivity index (χ0v) is 11.3. The molecule has 0 spiro atoms. The van der Waals surface area contributed by atoms with Crippen LogP contribution in [0.2, 0.25) is 0 Å². The monoisotopic (exact) mass is 301 g/mol. The zero-order valence-electron chi connectivity index (χ0n) is 11.3. The molecule has 2 unspecified atom stereocenters. The third kappa shape index (κ3) is 3.06. The fourth-order valence-corrected chi connectivity index (χ4v) is 2.31. The van der Waals surface area contributed by atoms with Crippen LogP contribution in [0.1, 0.15) is 18.1 Å². The highest BCUT2D eigenvalue weighted by molar-refractivity contribution is 5.14. The second kappa shape index (κ2) is 6.50. The highest BCUT2D eigenvalue weighted by atomic mass is 16.6. The van der Waals surface area contributed by atoms with Crippen molar-refractivity contribution in [3.63, 3.8) is 0 Å². The van der Waals surface area contributed by atoms with Gasteiger partial charge < -0.3 is 30.4 Å². The number of ether oxygens (including phenoxy) is 1. The van der Waals surface area contributed by atoms with Crippen molar-refractivity contribution in [2.75, 3.05) is 13.2 Å². The van der Waals surface area contributed by atoms with Crippen molar-refractivity contribution in [1.82, 2.24) is 9.55 Å². The minimum Gasteiger partial charge on any atom is -0.394 e. The Morgan fingerprint density at radius 2 is 2.05 bits per heavy atom. The fraction of sp³-hybridized carbons (Fsp3) is 0.667. The number of aliphatic hydroxyl groups excluding tert-OH is 3. The first-order valence-electron chi connectivity index (χ1n) is 6.65. The molecule has 4 atom stereocenters. The first-order valence-corrected chi connectivity index (χ1v) is 6.65. The fourth-order valence-electron chi connectivity index (χ4n) is 2.31. The molecule has 1 aromatic heterocycles. The van der Waals surface area contributed by atoms with E-state index in [0.29, 0.717) is 19.5 Å². The molecule has 118 valence electrons. The van der Waals surface area contributed by atoms with Gasteiger partial charge in [-0.05, 0) is 13.0 Å². The van der Waals surface area contributed by atoms with Crippen LogP contribution in [-0.4, -0.2) is 56.3 Å². The summed E-state index contributed by atoms with van der Waals surface area (Å²) in [5.41, 5.74) is 4.13. The van der Waals surface area contributed by atoms with Crippen LogP contribution in [0.3, 0.4) is 0 Å². The normalized spacial score (nSPS) is 29.0. The molecule has 1 aliphatic rings. The summed E-state index contributed by atoms with van der Waals surface area (Å²) in [5, 5.41) is 28.7. The number of aliphatic hydroxyl groups is 3. The Balaban J connectivity index is 2.35. The summed E-state index contributed by atoms with van der Waals surface area (Å²) in [6.45, 7) is 0.210. The maximum atomic E-state index is 11.9. The number of H-pyrrole nitrogens is 1. The van der Waals surface area contributed by atoms with E-state index in [9.17, 15) is 19.8 Å². The molecule has 21 heavy (non-hydrogen) atoms. The summed E-state index contributed by atoms with van der Waals surface area (Å²) in [6.07, 6.45) is -2.91. The highest BCUT2D eigenvalue weighted by Gasteiger charge is 2.44. The van der Waals surface area contributed by atoms with Gasteiger partial charge in [0.2, 0.25) is 0 Å². The average Bonchev–Trinajstić information content (AvgIpc) is 2.74. The summed E-state index contributed by atoms with van der Waals surface area (Å²) in [5.74, 6) is 0. The average molecular weight is 301 g/mol. The van der Waals surface area contributed by atoms with Gasteiger partial charge in [-0.2, -0.15) is 0 Å². The SMILES string of the molecule is NCCCn1cc([C@@H]2O[C@H](CO)C(O)C2O)c(=O)[nH]c1=O. The number of aromatic amines is 1. The molecule has 9 heteroatoms. The number of nitrogens with zero attached hydrogens (tertiary/aromatic N) is 1. The summed E-state index contributed by atoms with van der Waals surface area (Å²) in [7, 11) is 0. The number of hydrogen-bond acceptors (Lipinski definition) is 7. The van der Waals surface area contributed by atoms with Crippen molar-refractivity contribution in [1.29, 1.82) is 0 Å². The van der Waals surface area contributed by atoms with E-state index >= 15 is 0 Å². The van der Waals surface area contributed by atoms with Crippen molar-refractivity contribution in [2.24, 2.45) is 5.73 Å². The summed E-state index contributed by atoms with van der Waals surface area (Å²) < 4.78 is 6.55. The van der Waals surface area contributed by atoms with Gasteiger partial charge in [0, 0.05) is 12.7 Å². The van der Waals surface area contributed by atoms with E-state index in [-0.39, 0.29) is 5.56 Å². The number of nitrogens with one attached hydrogen (secondary N) is 1. The molecule has 6 N–H and O–H groups in total. The molecule has 0 radical (unpaired) electrons. The quantitative estimate of drug-likeness (QED) is 0.390. The lowest BCUT2D eigenvalue weighted by molar-refractivity contribution is -0.0233. The smallest absolute Gasteiger partial charge is 0.328 e. The van der Waals surface area contributed by atoms with Gasteiger partial charge in [0.25, 0.3) is 5.56 Å². The molecule has 0 bridgehead atoms. The largest absolute Gasteiger partial charge is 0.394 e. The number of rotatable bonds is 5. The minimum absolute atomic E-state index is 0.0223. The molecular weight excluding hydrogens is 282 g/mol. The Bertz CT molecular complexity index is 597. The standard InChI is InChI=1S/C12H19N3O6/c13-2-1-3-15-4-6(11(19)14-12(15)20)10-9(18)8(17)7(5-16)21-10/h4,7-10,16-18H,1-3,5,13H2,(H,14,19,20)/t7-,8?,9?,10+/m1/s1. The topological polar surface area (TPSA) is 151 Å². The van der Waals surface area contributed by atoms with Crippen LogP contribution in [-0.2, 0) is 11.3 Å². The number of aryl methyl sites for hydroxylation is 1. The van der Waals surface area contributed by atoms with Crippen LogP contribution in [0.25, 0.3) is 0 Å². The molecular formula is C12H19N3O6.